The van der Waals surface area contributed by atoms with E-state index in [0.29, 0.717) is 17.0 Å². The molecule has 0 bridgehead atoms. The summed E-state index contributed by atoms with van der Waals surface area (Å²) in [7, 11) is 0. The van der Waals surface area contributed by atoms with Gasteiger partial charge in [0.25, 0.3) is 5.91 Å². The van der Waals surface area contributed by atoms with Gasteiger partial charge in [-0.25, -0.2) is 4.39 Å². The number of carbonyl (C=O) groups is 1. The number of anilines is 1. The van der Waals surface area contributed by atoms with Gasteiger partial charge in [0.05, 0.1) is 0 Å². The molecule has 1 N–H and O–H groups in total. The average Bonchev–Trinajstić information content (AvgIpc) is 2.43. The first-order valence-corrected chi connectivity index (χ1v) is 6.72. The van der Waals surface area contributed by atoms with Gasteiger partial charge in [0.15, 0.2) is 6.61 Å². The molecular formula is C17H18FNO2. The summed E-state index contributed by atoms with van der Waals surface area (Å²) in [5, 5.41) is 2.71. The van der Waals surface area contributed by atoms with Crippen LogP contribution in [0, 0.1) is 26.6 Å². The molecule has 1 amide bonds. The van der Waals surface area contributed by atoms with Crippen LogP contribution in [0.25, 0.3) is 0 Å². The molecule has 21 heavy (non-hydrogen) atoms. The predicted octanol–water partition coefficient (Wildman–Crippen LogP) is 3.77. The molecule has 3 nitrogen and oxygen atoms in total. The highest BCUT2D eigenvalue weighted by Crippen LogP contribution is 2.20. The van der Waals surface area contributed by atoms with Gasteiger partial charge in [0, 0.05) is 5.69 Å². The largest absolute Gasteiger partial charge is 0.483 e. The molecule has 2 aromatic rings. The number of halogens is 1. The topological polar surface area (TPSA) is 38.3 Å². The average molecular weight is 287 g/mol. The highest BCUT2D eigenvalue weighted by Gasteiger charge is 2.08. The van der Waals surface area contributed by atoms with E-state index in [1.807, 2.05) is 32.0 Å². The van der Waals surface area contributed by atoms with Crippen LogP contribution in [-0.2, 0) is 4.79 Å². The van der Waals surface area contributed by atoms with E-state index in [1.165, 1.54) is 12.1 Å². The van der Waals surface area contributed by atoms with E-state index in [0.717, 1.165) is 11.1 Å². The van der Waals surface area contributed by atoms with Crippen LogP contribution < -0.4 is 10.1 Å². The quantitative estimate of drug-likeness (QED) is 0.929. The Bertz CT molecular complexity index is 668. The van der Waals surface area contributed by atoms with Crippen LogP contribution in [0.1, 0.15) is 16.7 Å². The lowest BCUT2D eigenvalue weighted by Crippen LogP contribution is -2.21. The molecule has 0 saturated carbocycles. The Morgan fingerprint density at radius 3 is 2.62 bits per heavy atom. The smallest absolute Gasteiger partial charge is 0.262 e. The minimum absolute atomic E-state index is 0.0822. The van der Waals surface area contributed by atoms with Crippen molar-refractivity contribution in [3.63, 3.8) is 0 Å². The fourth-order valence-corrected chi connectivity index (χ4v) is 1.98. The fraction of sp³-hybridized carbons (Fsp3) is 0.235. The minimum Gasteiger partial charge on any atom is -0.483 e. The normalized spacial score (nSPS) is 10.3. The maximum absolute atomic E-state index is 13.0. The second-order valence-electron chi connectivity index (χ2n) is 4.99. The van der Waals surface area contributed by atoms with E-state index < -0.39 is 0 Å². The molecule has 4 heteroatoms. The summed E-state index contributed by atoms with van der Waals surface area (Å²) in [6, 6.07) is 9.94. The number of aryl methyl sites for hydroxylation is 2. The van der Waals surface area contributed by atoms with Crippen LogP contribution in [0.3, 0.4) is 0 Å². The van der Waals surface area contributed by atoms with Gasteiger partial charge in [0.2, 0.25) is 0 Å². The van der Waals surface area contributed by atoms with Crippen molar-refractivity contribution in [1.29, 1.82) is 0 Å². The van der Waals surface area contributed by atoms with Gasteiger partial charge < -0.3 is 10.1 Å². The molecule has 0 aliphatic carbocycles. The third-order valence-corrected chi connectivity index (χ3v) is 3.38. The zero-order valence-electron chi connectivity index (χ0n) is 12.4. The van der Waals surface area contributed by atoms with E-state index in [2.05, 4.69) is 5.32 Å². The van der Waals surface area contributed by atoms with Crippen molar-refractivity contribution in [2.45, 2.75) is 20.8 Å². The Morgan fingerprint density at radius 1 is 1.14 bits per heavy atom. The SMILES string of the molecule is Cc1cc(F)ccc1NC(=O)COc1cccc(C)c1C. The number of nitrogens with one attached hydrogen (secondary N) is 1. The second-order valence-corrected chi connectivity index (χ2v) is 4.99. The van der Waals surface area contributed by atoms with Crippen LogP contribution in [-0.4, -0.2) is 12.5 Å². The summed E-state index contributed by atoms with van der Waals surface area (Å²) in [6.07, 6.45) is 0. The predicted molar refractivity (Wildman–Crippen MR) is 81.2 cm³/mol. The number of hydrogen-bond donors (Lipinski definition) is 1. The molecule has 0 heterocycles. The molecule has 0 aromatic heterocycles. The highest BCUT2D eigenvalue weighted by molar-refractivity contribution is 5.92. The van der Waals surface area contributed by atoms with E-state index in [1.54, 1.807) is 13.0 Å². The van der Waals surface area contributed by atoms with Crippen LogP contribution in [0.2, 0.25) is 0 Å². The number of hydrogen-bond acceptors (Lipinski definition) is 2. The fourth-order valence-electron chi connectivity index (χ4n) is 1.98. The Balaban J connectivity index is 1.97. The molecule has 110 valence electrons. The third kappa shape index (κ3) is 3.81. The molecule has 2 aromatic carbocycles. The van der Waals surface area contributed by atoms with Gasteiger partial charge in [-0.3, -0.25) is 4.79 Å². The van der Waals surface area contributed by atoms with Gasteiger partial charge in [-0.2, -0.15) is 0 Å². The summed E-state index contributed by atoms with van der Waals surface area (Å²) in [4.78, 5) is 11.9. The lowest BCUT2D eigenvalue weighted by molar-refractivity contribution is -0.118. The van der Waals surface area contributed by atoms with Gasteiger partial charge in [-0.15, -0.1) is 0 Å². The number of ether oxygens (including phenoxy) is 1. The van der Waals surface area contributed by atoms with Crippen molar-refractivity contribution in [1.82, 2.24) is 0 Å². The van der Waals surface area contributed by atoms with E-state index in [9.17, 15) is 9.18 Å². The maximum atomic E-state index is 13.0. The highest BCUT2D eigenvalue weighted by atomic mass is 19.1. The number of rotatable bonds is 4. The molecule has 0 fully saturated rings. The van der Waals surface area contributed by atoms with Crippen LogP contribution >= 0.6 is 0 Å². The third-order valence-electron chi connectivity index (χ3n) is 3.38. The number of amides is 1. The van der Waals surface area contributed by atoms with Crippen molar-refractivity contribution in [3.05, 3.63) is 58.9 Å². The summed E-state index contributed by atoms with van der Waals surface area (Å²) in [5.74, 6) is 0.101. The lowest BCUT2D eigenvalue weighted by atomic mass is 10.1. The molecule has 0 atom stereocenters. The Labute approximate surface area is 123 Å². The summed E-state index contributed by atoms with van der Waals surface area (Å²) < 4.78 is 18.5. The molecule has 2 rings (SSSR count). The standard InChI is InChI=1S/C17H18FNO2/c1-11-5-4-6-16(13(11)3)21-10-17(20)19-15-8-7-14(18)9-12(15)2/h4-9H,10H2,1-3H3,(H,19,20). The first-order valence-electron chi connectivity index (χ1n) is 6.72. The molecule has 0 unspecified atom stereocenters. The van der Waals surface area contributed by atoms with Crippen molar-refractivity contribution in [3.8, 4) is 5.75 Å². The van der Waals surface area contributed by atoms with Gasteiger partial charge in [-0.05, 0) is 61.7 Å². The zero-order valence-corrected chi connectivity index (χ0v) is 12.4. The van der Waals surface area contributed by atoms with Crippen LogP contribution in [0.15, 0.2) is 36.4 Å². The van der Waals surface area contributed by atoms with Crippen molar-refractivity contribution in [2.24, 2.45) is 0 Å². The Hall–Kier alpha value is -2.36. The van der Waals surface area contributed by atoms with E-state index in [-0.39, 0.29) is 18.3 Å². The van der Waals surface area contributed by atoms with Gasteiger partial charge in [-0.1, -0.05) is 12.1 Å². The molecular weight excluding hydrogens is 269 g/mol. The van der Waals surface area contributed by atoms with E-state index in [4.69, 9.17) is 4.74 Å². The summed E-state index contributed by atoms with van der Waals surface area (Å²) >= 11 is 0. The molecule has 0 saturated heterocycles. The molecule has 0 aliphatic rings. The minimum atomic E-state index is -0.322. The number of carbonyl (C=O) groups excluding carboxylic acids is 1. The van der Waals surface area contributed by atoms with Crippen molar-refractivity contribution < 1.29 is 13.9 Å². The van der Waals surface area contributed by atoms with Gasteiger partial charge >= 0.3 is 0 Å². The zero-order chi connectivity index (χ0) is 15.4. The Kier molecular flexibility index (Phi) is 4.58. The van der Waals surface area contributed by atoms with Crippen molar-refractivity contribution >= 4 is 11.6 Å². The van der Waals surface area contributed by atoms with Gasteiger partial charge in [0.1, 0.15) is 11.6 Å². The molecule has 0 radical (unpaired) electrons. The van der Waals surface area contributed by atoms with Crippen LogP contribution in [0.5, 0.6) is 5.75 Å². The molecule has 0 spiro atoms. The van der Waals surface area contributed by atoms with E-state index >= 15 is 0 Å². The monoisotopic (exact) mass is 287 g/mol. The second kappa shape index (κ2) is 6.39. The lowest BCUT2D eigenvalue weighted by Gasteiger charge is -2.12. The number of benzene rings is 2. The maximum Gasteiger partial charge on any atom is 0.262 e. The van der Waals surface area contributed by atoms with Crippen molar-refractivity contribution in [2.75, 3.05) is 11.9 Å². The summed E-state index contributed by atoms with van der Waals surface area (Å²) in [5.41, 5.74) is 3.40. The van der Waals surface area contributed by atoms with Crippen LogP contribution in [0.4, 0.5) is 10.1 Å². The Morgan fingerprint density at radius 2 is 1.90 bits per heavy atom. The summed E-state index contributed by atoms with van der Waals surface area (Å²) in [6.45, 7) is 5.60. The first-order chi connectivity index (χ1) is 9.97. The first kappa shape index (κ1) is 15.0. The molecule has 0 aliphatic heterocycles.